The number of rotatable bonds is 4. The zero-order valence-corrected chi connectivity index (χ0v) is 21.7. The van der Waals surface area contributed by atoms with E-state index in [4.69, 9.17) is 4.43 Å². The summed E-state index contributed by atoms with van der Waals surface area (Å²) in [5.41, 5.74) is 4.07. The lowest BCUT2D eigenvalue weighted by atomic mass is 9.47. The molecule has 172 valence electrons. The highest BCUT2D eigenvalue weighted by atomic mass is 28.4. The van der Waals surface area contributed by atoms with Crippen LogP contribution in [0.4, 0.5) is 0 Å². The van der Waals surface area contributed by atoms with E-state index in [1.807, 2.05) is 0 Å². The molecule has 0 bridgehead atoms. The largest absolute Gasteiger partial charge is 0.411 e. The van der Waals surface area contributed by atoms with Crippen LogP contribution in [0.25, 0.3) is 0 Å². The van der Waals surface area contributed by atoms with Gasteiger partial charge in [0.25, 0.3) is 0 Å². The summed E-state index contributed by atoms with van der Waals surface area (Å²) >= 11 is 0. The van der Waals surface area contributed by atoms with Crippen molar-refractivity contribution in [2.45, 2.75) is 49.4 Å². The minimum Gasteiger partial charge on any atom is -0.411 e. The minimum absolute atomic E-state index is 0.310. The molecule has 1 heterocycles. The van der Waals surface area contributed by atoms with Gasteiger partial charge in [-0.2, -0.15) is 0 Å². The molecule has 0 amide bonds. The first-order chi connectivity index (χ1) is 16.3. The van der Waals surface area contributed by atoms with Crippen molar-refractivity contribution in [3.8, 4) is 0 Å². The molecule has 1 fully saturated rings. The maximum absolute atomic E-state index is 7.22. The van der Waals surface area contributed by atoms with Crippen LogP contribution < -0.4 is 0 Å². The predicted molar refractivity (Wildman–Crippen MR) is 145 cm³/mol. The summed E-state index contributed by atoms with van der Waals surface area (Å²) in [4.78, 5) is 0. The highest BCUT2D eigenvalue weighted by Crippen LogP contribution is 2.65. The fourth-order valence-corrected chi connectivity index (χ4v) is 10.6. The molecule has 0 aliphatic carbocycles. The van der Waals surface area contributed by atoms with Gasteiger partial charge in [0, 0.05) is 5.41 Å². The van der Waals surface area contributed by atoms with Crippen LogP contribution in [0.5, 0.6) is 0 Å². The van der Waals surface area contributed by atoms with Crippen molar-refractivity contribution in [1.82, 2.24) is 0 Å². The molecule has 2 heteroatoms. The average molecular weight is 463 g/mol. The Kier molecular flexibility index (Phi) is 5.62. The summed E-state index contributed by atoms with van der Waals surface area (Å²) in [7, 11) is -2.08. The fraction of sp³-hybridized carbons (Fsp3) is 0.250. The predicted octanol–water partition coefficient (Wildman–Crippen LogP) is 7.97. The third kappa shape index (κ3) is 3.32. The monoisotopic (exact) mass is 462 g/mol. The molecule has 4 aromatic rings. The number of benzene rings is 4. The second kappa shape index (κ2) is 8.37. The Labute approximate surface area is 205 Å². The highest BCUT2D eigenvalue weighted by molar-refractivity contribution is 6.72. The number of hydrogen-bond acceptors (Lipinski definition) is 1. The van der Waals surface area contributed by atoms with Crippen molar-refractivity contribution >= 4 is 8.32 Å². The van der Waals surface area contributed by atoms with E-state index in [0.717, 1.165) is 6.04 Å². The number of hydrogen-bond donors (Lipinski definition) is 0. The van der Waals surface area contributed by atoms with E-state index in [1.165, 1.54) is 22.3 Å². The Morgan fingerprint density at radius 2 is 0.853 bits per heavy atom. The third-order valence-corrected chi connectivity index (χ3v) is 10.2. The molecule has 0 unspecified atom stereocenters. The van der Waals surface area contributed by atoms with E-state index in [1.54, 1.807) is 0 Å². The van der Waals surface area contributed by atoms with Gasteiger partial charge in [-0.15, -0.1) is 0 Å². The van der Waals surface area contributed by atoms with Crippen LogP contribution in [0.3, 0.4) is 0 Å². The molecular formula is C32H34OSi. The summed E-state index contributed by atoms with van der Waals surface area (Å²) in [5.74, 6) is 0. The van der Waals surface area contributed by atoms with Crippen molar-refractivity contribution in [2.24, 2.45) is 0 Å². The van der Waals surface area contributed by atoms with E-state index in [9.17, 15) is 0 Å². The molecule has 4 aromatic carbocycles. The zero-order valence-electron chi connectivity index (χ0n) is 20.7. The van der Waals surface area contributed by atoms with Crippen molar-refractivity contribution in [3.05, 3.63) is 144 Å². The van der Waals surface area contributed by atoms with Crippen molar-refractivity contribution < 1.29 is 4.43 Å². The fourth-order valence-electron chi connectivity index (χ4n) is 7.07. The third-order valence-electron chi connectivity index (χ3n) is 7.71. The van der Waals surface area contributed by atoms with Crippen molar-refractivity contribution in [2.75, 3.05) is 0 Å². The van der Waals surface area contributed by atoms with E-state index < -0.39 is 19.3 Å². The Balaban J connectivity index is 2.04. The van der Waals surface area contributed by atoms with Crippen LogP contribution in [0.1, 0.15) is 36.1 Å². The molecule has 5 rings (SSSR count). The maximum atomic E-state index is 7.22. The van der Waals surface area contributed by atoms with Gasteiger partial charge in [0.2, 0.25) is 0 Å². The normalized spacial score (nSPS) is 19.9. The summed E-state index contributed by atoms with van der Waals surface area (Å²) in [6.45, 7) is 9.41. The van der Waals surface area contributed by atoms with Gasteiger partial charge in [0.15, 0.2) is 8.32 Å². The Morgan fingerprint density at radius 3 is 1.21 bits per heavy atom. The van der Waals surface area contributed by atoms with Gasteiger partial charge >= 0.3 is 0 Å². The smallest absolute Gasteiger partial charge is 0.188 e. The van der Waals surface area contributed by atoms with Crippen LogP contribution >= 0.6 is 0 Å². The Bertz CT molecular complexity index is 1150. The van der Waals surface area contributed by atoms with Crippen LogP contribution in [-0.4, -0.2) is 13.9 Å². The maximum Gasteiger partial charge on any atom is 0.188 e. The molecule has 0 saturated carbocycles. The van der Waals surface area contributed by atoms with E-state index in [2.05, 4.69) is 148 Å². The van der Waals surface area contributed by atoms with Gasteiger partial charge in [-0.05, 0) is 55.2 Å². The Morgan fingerprint density at radius 1 is 0.529 bits per heavy atom. The molecule has 1 nitrogen and oxygen atoms in total. The van der Waals surface area contributed by atoms with Crippen molar-refractivity contribution in [1.29, 1.82) is 0 Å². The SMILES string of the molecule is CC1(C)O[Si](C)(C)CC(c2ccccc2)(c2ccccc2)C1(c1ccccc1)c1ccccc1. The average Bonchev–Trinajstić information content (AvgIpc) is 2.85. The molecule has 34 heavy (non-hydrogen) atoms. The first-order valence-corrected chi connectivity index (χ1v) is 15.4. The Hall–Kier alpha value is -2.94. The van der Waals surface area contributed by atoms with Crippen LogP contribution in [-0.2, 0) is 15.3 Å². The standard InChI is InChI=1S/C32H34OSi/c1-30(2)32(28-21-13-7-14-22-28,29-23-15-8-16-24-29)31(25-34(3,4)33-30,26-17-9-5-10-18-26)27-19-11-6-12-20-27/h5-24H,25H2,1-4H3. The summed E-state index contributed by atoms with van der Waals surface area (Å²) in [5, 5.41) is 0. The second-order valence-corrected chi connectivity index (χ2v) is 14.7. The van der Waals surface area contributed by atoms with Crippen LogP contribution in [0.15, 0.2) is 121 Å². The molecule has 0 aromatic heterocycles. The van der Waals surface area contributed by atoms with E-state index in [0.29, 0.717) is 0 Å². The summed E-state index contributed by atoms with van der Waals surface area (Å²) in [6.07, 6.45) is 0. The molecule has 0 spiro atoms. The lowest BCUT2D eigenvalue weighted by Gasteiger charge is -2.66. The van der Waals surface area contributed by atoms with E-state index in [-0.39, 0.29) is 5.41 Å². The molecule has 0 atom stereocenters. The zero-order chi connectivity index (χ0) is 23.9. The molecule has 1 aliphatic rings. The highest BCUT2D eigenvalue weighted by Gasteiger charge is 2.68. The van der Waals surface area contributed by atoms with Gasteiger partial charge in [-0.1, -0.05) is 121 Å². The van der Waals surface area contributed by atoms with Crippen molar-refractivity contribution in [3.63, 3.8) is 0 Å². The molecule has 1 saturated heterocycles. The van der Waals surface area contributed by atoms with Gasteiger partial charge in [0.05, 0.1) is 11.0 Å². The molecular weight excluding hydrogens is 428 g/mol. The van der Waals surface area contributed by atoms with Gasteiger partial charge in [-0.25, -0.2) is 0 Å². The summed E-state index contributed by atoms with van der Waals surface area (Å²) in [6, 6.07) is 45.5. The quantitative estimate of drug-likeness (QED) is 0.279. The minimum atomic E-state index is -2.08. The lowest BCUT2D eigenvalue weighted by Crippen LogP contribution is -2.71. The molecule has 0 N–H and O–H groups in total. The van der Waals surface area contributed by atoms with Crippen LogP contribution in [0.2, 0.25) is 19.1 Å². The lowest BCUT2D eigenvalue weighted by molar-refractivity contribution is -0.0245. The van der Waals surface area contributed by atoms with Gasteiger partial charge < -0.3 is 4.43 Å². The summed E-state index contributed by atoms with van der Waals surface area (Å²) < 4.78 is 7.22. The molecule has 0 radical (unpaired) electrons. The first-order valence-electron chi connectivity index (χ1n) is 12.3. The van der Waals surface area contributed by atoms with Gasteiger partial charge in [0.1, 0.15) is 0 Å². The topological polar surface area (TPSA) is 9.23 Å². The van der Waals surface area contributed by atoms with Gasteiger partial charge in [-0.3, -0.25) is 0 Å². The van der Waals surface area contributed by atoms with E-state index >= 15 is 0 Å². The molecule has 1 aliphatic heterocycles. The first kappa shape index (κ1) is 22.8. The second-order valence-electron chi connectivity index (χ2n) is 10.7. The van der Waals surface area contributed by atoms with Crippen LogP contribution in [0, 0.1) is 0 Å².